The van der Waals surface area contributed by atoms with E-state index in [2.05, 4.69) is 9.82 Å². The predicted octanol–water partition coefficient (Wildman–Crippen LogP) is 0.628. The smallest absolute Gasteiger partial charge is 0.240 e. The van der Waals surface area contributed by atoms with E-state index in [1.165, 1.54) is 30.1 Å². The maximum atomic E-state index is 13.6. The number of hydrogen-bond acceptors (Lipinski definition) is 5. The summed E-state index contributed by atoms with van der Waals surface area (Å²) in [5, 5.41) is 3.91. The lowest BCUT2D eigenvalue weighted by Gasteiger charge is -2.08. The number of nitrogens with one attached hydrogen (secondary N) is 1. The Morgan fingerprint density at radius 1 is 1.48 bits per heavy atom. The highest BCUT2D eigenvalue weighted by Gasteiger charge is 2.17. The minimum Gasteiger partial charge on any atom is -0.494 e. The second-order valence-electron chi connectivity index (χ2n) is 4.30. The number of rotatable bonds is 5. The summed E-state index contributed by atoms with van der Waals surface area (Å²) in [7, 11) is -0.905. The molecule has 1 aromatic carbocycles. The lowest BCUT2D eigenvalue weighted by Crippen LogP contribution is -2.23. The van der Waals surface area contributed by atoms with Crippen molar-refractivity contribution in [2.24, 2.45) is 7.05 Å². The highest BCUT2D eigenvalue weighted by atomic mass is 32.2. The third-order valence-corrected chi connectivity index (χ3v) is 4.35. The van der Waals surface area contributed by atoms with Crippen LogP contribution in [0.1, 0.15) is 5.56 Å². The molecule has 2 aromatic rings. The van der Waals surface area contributed by atoms with Crippen molar-refractivity contribution in [3.8, 4) is 5.75 Å². The van der Waals surface area contributed by atoms with Crippen molar-refractivity contribution in [3.05, 3.63) is 35.8 Å². The van der Waals surface area contributed by atoms with Crippen LogP contribution in [0.2, 0.25) is 0 Å². The van der Waals surface area contributed by atoms with E-state index in [4.69, 9.17) is 10.5 Å². The molecule has 3 N–H and O–H groups in total. The summed E-state index contributed by atoms with van der Waals surface area (Å²) in [5.41, 5.74) is 6.26. The number of halogens is 1. The molecule has 114 valence electrons. The van der Waals surface area contributed by atoms with Crippen molar-refractivity contribution >= 4 is 15.8 Å². The minimum absolute atomic E-state index is 0.0227. The third-order valence-electron chi connectivity index (χ3n) is 2.95. The first-order valence-corrected chi connectivity index (χ1v) is 7.43. The number of nitrogens with zero attached hydrogens (tertiary/aromatic N) is 2. The Kier molecular flexibility index (Phi) is 4.14. The number of ether oxygens (including phenoxy) is 1. The first kappa shape index (κ1) is 15.3. The number of methoxy groups -OCH3 is 1. The summed E-state index contributed by atoms with van der Waals surface area (Å²) in [4.78, 5) is -0.191. The first-order valence-electron chi connectivity index (χ1n) is 5.94. The molecule has 0 spiro atoms. The average Bonchev–Trinajstić information content (AvgIpc) is 2.76. The van der Waals surface area contributed by atoms with Gasteiger partial charge in [0.15, 0.2) is 11.6 Å². The summed E-state index contributed by atoms with van der Waals surface area (Å²) < 4.78 is 46.3. The molecule has 9 heteroatoms. The fourth-order valence-electron chi connectivity index (χ4n) is 1.70. The molecule has 21 heavy (non-hydrogen) atoms. The average molecular weight is 314 g/mol. The molecule has 0 aliphatic rings. The van der Waals surface area contributed by atoms with E-state index in [0.29, 0.717) is 11.4 Å². The number of anilines is 1. The Balaban J connectivity index is 2.19. The summed E-state index contributed by atoms with van der Waals surface area (Å²) in [6.07, 6.45) is 1.46. The van der Waals surface area contributed by atoms with Crippen LogP contribution in [-0.4, -0.2) is 25.3 Å². The van der Waals surface area contributed by atoms with Gasteiger partial charge in [-0.2, -0.15) is 5.10 Å². The van der Waals surface area contributed by atoms with Crippen molar-refractivity contribution in [2.75, 3.05) is 12.8 Å². The number of sulfonamides is 1. The van der Waals surface area contributed by atoms with Crippen LogP contribution in [0.4, 0.5) is 10.2 Å². The topological polar surface area (TPSA) is 99.2 Å². The van der Waals surface area contributed by atoms with Gasteiger partial charge in [0.2, 0.25) is 10.0 Å². The zero-order chi connectivity index (χ0) is 15.6. The number of nitrogens with two attached hydrogens (primary N) is 1. The number of aromatic nitrogens is 2. The van der Waals surface area contributed by atoms with Crippen LogP contribution in [0.5, 0.6) is 5.75 Å². The summed E-state index contributed by atoms with van der Waals surface area (Å²) in [6, 6.07) is 3.41. The van der Waals surface area contributed by atoms with Crippen LogP contribution in [0.25, 0.3) is 0 Å². The van der Waals surface area contributed by atoms with Gasteiger partial charge in [-0.25, -0.2) is 17.5 Å². The monoisotopic (exact) mass is 314 g/mol. The SMILES string of the molecule is COc1ccc(S(=O)(=O)NCc2cnn(C)c2N)cc1F. The largest absolute Gasteiger partial charge is 0.494 e. The second kappa shape index (κ2) is 5.70. The van der Waals surface area contributed by atoms with Gasteiger partial charge in [-0.3, -0.25) is 4.68 Å². The molecule has 7 nitrogen and oxygen atoms in total. The van der Waals surface area contributed by atoms with Crippen LogP contribution >= 0.6 is 0 Å². The molecule has 0 bridgehead atoms. The summed E-state index contributed by atoms with van der Waals surface area (Å²) in [6.45, 7) is -0.0321. The lowest BCUT2D eigenvalue weighted by atomic mass is 10.3. The molecule has 0 atom stereocenters. The number of nitrogen functional groups attached to an aromatic ring is 1. The van der Waals surface area contributed by atoms with Gasteiger partial charge in [-0.05, 0) is 18.2 Å². The Morgan fingerprint density at radius 2 is 2.19 bits per heavy atom. The van der Waals surface area contributed by atoms with E-state index in [1.54, 1.807) is 7.05 Å². The molecule has 0 saturated carbocycles. The normalized spacial score (nSPS) is 11.6. The van der Waals surface area contributed by atoms with Gasteiger partial charge in [-0.15, -0.1) is 0 Å². The molecule has 0 aliphatic heterocycles. The van der Waals surface area contributed by atoms with Crippen LogP contribution in [0, 0.1) is 5.82 Å². The molecule has 2 rings (SSSR count). The molecule has 0 saturated heterocycles. The van der Waals surface area contributed by atoms with E-state index in [-0.39, 0.29) is 17.2 Å². The minimum atomic E-state index is -3.85. The zero-order valence-electron chi connectivity index (χ0n) is 11.5. The molecule has 1 heterocycles. The third kappa shape index (κ3) is 3.14. The lowest BCUT2D eigenvalue weighted by molar-refractivity contribution is 0.385. The summed E-state index contributed by atoms with van der Waals surface area (Å²) in [5.74, 6) is -0.412. The number of aryl methyl sites for hydroxylation is 1. The van der Waals surface area contributed by atoms with Crippen molar-refractivity contribution in [3.63, 3.8) is 0 Å². The highest BCUT2D eigenvalue weighted by molar-refractivity contribution is 7.89. The van der Waals surface area contributed by atoms with Gasteiger partial charge in [0.1, 0.15) is 5.82 Å². The predicted molar refractivity (Wildman–Crippen MR) is 74.6 cm³/mol. The molecule has 0 radical (unpaired) electrons. The molecule has 0 fully saturated rings. The van der Waals surface area contributed by atoms with E-state index < -0.39 is 15.8 Å². The maximum absolute atomic E-state index is 13.6. The van der Waals surface area contributed by atoms with E-state index in [0.717, 1.165) is 6.07 Å². The molecule has 0 amide bonds. The summed E-state index contributed by atoms with van der Waals surface area (Å²) >= 11 is 0. The van der Waals surface area contributed by atoms with Crippen molar-refractivity contribution in [1.82, 2.24) is 14.5 Å². The van der Waals surface area contributed by atoms with Crippen LogP contribution < -0.4 is 15.2 Å². The number of hydrogen-bond donors (Lipinski definition) is 2. The molecule has 1 aromatic heterocycles. The Bertz CT molecular complexity index is 758. The first-order chi connectivity index (χ1) is 9.85. The molecular weight excluding hydrogens is 299 g/mol. The Labute approximate surface area is 121 Å². The quantitative estimate of drug-likeness (QED) is 0.843. The van der Waals surface area contributed by atoms with Crippen LogP contribution in [0.15, 0.2) is 29.3 Å². The van der Waals surface area contributed by atoms with Gasteiger partial charge in [0.05, 0.1) is 18.2 Å². The Morgan fingerprint density at radius 3 is 2.71 bits per heavy atom. The highest BCUT2D eigenvalue weighted by Crippen LogP contribution is 2.21. The molecule has 0 unspecified atom stereocenters. The standard InChI is InChI=1S/C12H15FN4O3S/c1-17-12(14)8(6-15-17)7-16-21(18,19)9-3-4-11(20-2)10(13)5-9/h3-6,16H,7,14H2,1-2H3. The zero-order valence-corrected chi connectivity index (χ0v) is 12.3. The van der Waals surface area contributed by atoms with Gasteiger partial charge < -0.3 is 10.5 Å². The van der Waals surface area contributed by atoms with Gasteiger partial charge in [-0.1, -0.05) is 0 Å². The van der Waals surface area contributed by atoms with E-state index in [1.807, 2.05) is 0 Å². The second-order valence-corrected chi connectivity index (χ2v) is 6.07. The molecular formula is C12H15FN4O3S. The van der Waals surface area contributed by atoms with Crippen molar-refractivity contribution < 1.29 is 17.5 Å². The van der Waals surface area contributed by atoms with Crippen molar-refractivity contribution in [2.45, 2.75) is 11.4 Å². The van der Waals surface area contributed by atoms with Gasteiger partial charge in [0.25, 0.3) is 0 Å². The van der Waals surface area contributed by atoms with Gasteiger partial charge >= 0.3 is 0 Å². The fraction of sp³-hybridized carbons (Fsp3) is 0.250. The maximum Gasteiger partial charge on any atom is 0.240 e. The Hall–Kier alpha value is -2.13. The molecule has 0 aliphatic carbocycles. The van der Waals surface area contributed by atoms with Crippen LogP contribution in [0.3, 0.4) is 0 Å². The van der Waals surface area contributed by atoms with E-state index in [9.17, 15) is 12.8 Å². The number of benzene rings is 1. The van der Waals surface area contributed by atoms with Crippen molar-refractivity contribution in [1.29, 1.82) is 0 Å². The van der Waals surface area contributed by atoms with E-state index >= 15 is 0 Å². The van der Waals surface area contributed by atoms with Crippen LogP contribution in [-0.2, 0) is 23.6 Å². The van der Waals surface area contributed by atoms with Gasteiger partial charge in [0, 0.05) is 19.2 Å². The fourth-order valence-corrected chi connectivity index (χ4v) is 2.72.